The number of rotatable bonds is 4. The van der Waals surface area contributed by atoms with Crippen LogP contribution in [0.5, 0.6) is 0 Å². The quantitative estimate of drug-likeness (QED) is 0.726. The molecule has 76 valence electrons. The van der Waals surface area contributed by atoms with Crippen LogP contribution in [0.2, 0.25) is 0 Å². The van der Waals surface area contributed by atoms with Crippen molar-refractivity contribution in [3.05, 3.63) is 0 Å². The second kappa shape index (κ2) is 5.50. The minimum atomic E-state index is -0.671. The van der Waals surface area contributed by atoms with E-state index in [4.69, 9.17) is 10.2 Å². The highest BCUT2D eigenvalue weighted by atomic mass is 32.2. The minimum Gasteiger partial charge on any atom is -0.481 e. The Balaban J connectivity index is 2.41. The Morgan fingerprint density at radius 1 is 1.38 bits per heavy atom. The largest absolute Gasteiger partial charge is 0.481 e. The first-order chi connectivity index (χ1) is 6.25. The van der Waals surface area contributed by atoms with E-state index in [-0.39, 0.29) is 17.8 Å². The molecule has 0 bridgehead atoms. The predicted molar refractivity (Wildman–Crippen MR) is 52.9 cm³/mol. The molecule has 2 unspecified atom stereocenters. The zero-order valence-electron chi connectivity index (χ0n) is 7.61. The second-order valence-corrected chi connectivity index (χ2v) is 4.71. The van der Waals surface area contributed by atoms with Crippen molar-refractivity contribution in [3.63, 3.8) is 0 Å². The maximum Gasteiger partial charge on any atom is 0.307 e. The Morgan fingerprint density at radius 2 is 2.08 bits per heavy atom. The van der Waals surface area contributed by atoms with Gasteiger partial charge in [0.15, 0.2) is 0 Å². The molecule has 0 aromatic rings. The van der Waals surface area contributed by atoms with Gasteiger partial charge in [-0.25, -0.2) is 0 Å². The van der Waals surface area contributed by atoms with Gasteiger partial charge in [-0.05, 0) is 12.8 Å². The van der Waals surface area contributed by atoms with Gasteiger partial charge >= 0.3 is 5.97 Å². The smallest absolute Gasteiger partial charge is 0.307 e. The van der Waals surface area contributed by atoms with Gasteiger partial charge in [-0.15, -0.1) is 0 Å². The summed E-state index contributed by atoms with van der Waals surface area (Å²) >= 11 is 1.60. The SMILES string of the molecule is O=C(O)C1CCCCC1SCCO. The Hall–Kier alpha value is -0.220. The predicted octanol–water partition coefficient (Wildman–Crippen LogP) is 1.36. The molecule has 4 heteroatoms. The van der Waals surface area contributed by atoms with E-state index in [1.165, 1.54) is 0 Å². The number of hydrogen-bond donors (Lipinski definition) is 2. The van der Waals surface area contributed by atoms with Gasteiger partial charge in [-0.1, -0.05) is 12.8 Å². The number of thioether (sulfide) groups is 1. The van der Waals surface area contributed by atoms with Crippen LogP contribution in [0, 0.1) is 5.92 Å². The van der Waals surface area contributed by atoms with Gasteiger partial charge in [-0.3, -0.25) is 4.79 Å². The summed E-state index contributed by atoms with van der Waals surface area (Å²) in [5, 5.41) is 17.8. The summed E-state index contributed by atoms with van der Waals surface area (Å²) in [5.74, 6) is -0.200. The normalized spacial score (nSPS) is 28.7. The Morgan fingerprint density at radius 3 is 2.69 bits per heavy atom. The Labute approximate surface area is 82.5 Å². The van der Waals surface area contributed by atoms with Crippen LogP contribution >= 0.6 is 11.8 Å². The molecule has 0 saturated heterocycles. The van der Waals surface area contributed by atoms with Crippen LogP contribution in [0.25, 0.3) is 0 Å². The van der Waals surface area contributed by atoms with Crippen molar-refractivity contribution in [3.8, 4) is 0 Å². The molecule has 0 radical (unpaired) electrons. The molecule has 0 aliphatic heterocycles. The fourth-order valence-corrected chi connectivity index (χ4v) is 3.01. The lowest BCUT2D eigenvalue weighted by Crippen LogP contribution is -2.29. The van der Waals surface area contributed by atoms with Crippen molar-refractivity contribution in [2.75, 3.05) is 12.4 Å². The van der Waals surface area contributed by atoms with E-state index in [0.29, 0.717) is 5.75 Å². The third-order valence-corrected chi connectivity index (χ3v) is 3.85. The highest BCUT2D eigenvalue weighted by molar-refractivity contribution is 7.99. The molecular formula is C9H16O3S. The van der Waals surface area contributed by atoms with Crippen molar-refractivity contribution in [2.24, 2.45) is 5.92 Å². The van der Waals surface area contributed by atoms with E-state index in [0.717, 1.165) is 25.7 Å². The number of carbonyl (C=O) groups is 1. The first-order valence-corrected chi connectivity index (χ1v) is 5.76. The summed E-state index contributed by atoms with van der Waals surface area (Å²) in [6, 6.07) is 0. The molecule has 1 aliphatic rings. The molecule has 1 fully saturated rings. The van der Waals surface area contributed by atoms with Crippen molar-refractivity contribution in [1.29, 1.82) is 0 Å². The van der Waals surface area contributed by atoms with Crippen LogP contribution < -0.4 is 0 Å². The zero-order chi connectivity index (χ0) is 9.68. The van der Waals surface area contributed by atoms with E-state index < -0.39 is 5.97 Å². The highest BCUT2D eigenvalue weighted by Crippen LogP contribution is 2.33. The standard InChI is InChI=1S/C9H16O3S/c10-5-6-13-8-4-2-1-3-7(8)9(11)12/h7-8,10H,1-6H2,(H,11,12). The third kappa shape index (κ3) is 3.19. The molecule has 13 heavy (non-hydrogen) atoms. The molecule has 3 nitrogen and oxygen atoms in total. The lowest BCUT2D eigenvalue weighted by Gasteiger charge is -2.27. The number of aliphatic carboxylic acids is 1. The fraction of sp³-hybridized carbons (Fsp3) is 0.889. The van der Waals surface area contributed by atoms with Gasteiger partial charge in [0.25, 0.3) is 0 Å². The lowest BCUT2D eigenvalue weighted by molar-refractivity contribution is -0.142. The number of carboxylic acid groups (broad SMARTS) is 1. The van der Waals surface area contributed by atoms with Gasteiger partial charge in [0.1, 0.15) is 0 Å². The van der Waals surface area contributed by atoms with E-state index in [1.54, 1.807) is 11.8 Å². The highest BCUT2D eigenvalue weighted by Gasteiger charge is 2.30. The minimum absolute atomic E-state index is 0.146. The van der Waals surface area contributed by atoms with E-state index >= 15 is 0 Å². The third-order valence-electron chi connectivity index (χ3n) is 2.44. The topological polar surface area (TPSA) is 57.5 Å². The number of carboxylic acids is 1. The average Bonchev–Trinajstić information content (AvgIpc) is 2.15. The summed E-state index contributed by atoms with van der Waals surface area (Å²) in [6.45, 7) is 0.146. The molecule has 1 rings (SSSR count). The van der Waals surface area contributed by atoms with Gasteiger partial charge in [0, 0.05) is 11.0 Å². The van der Waals surface area contributed by atoms with Crippen LogP contribution in [0.1, 0.15) is 25.7 Å². The fourth-order valence-electron chi connectivity index (χ4n) is 1.78. The Bertz CT molecular complexity index is 172. The van der Waals surface area contributed by atoms with Gasteiger partial charge in [-0.2, -0.15) is 11.8 Å². The molecule has 1 aliphatic carbocycles. The van der Waals surface area contributed by atoms with Crippen LogP contribution in [0.4, 0.5) is 0 Å². The summed E-state index contributed by atoms with van der Waals surface area (Å²) in [4.78, 5) is 10.9. The molecule has 0 aromatic heterocycles. The van der Waals surface area contributed by atoms with Crippen molar-refractivity contribution in [1.82, 2.24) is 0 Å². The first kappa shape index (κ1) is 10.9. The van der Waals surface area contributed by atoms with Crippen LogP contribution in [0.3, 0.4) is 0 Å². The second-order valence-electron chi connectivity index (χ2n) is 3.36. The van der Waals surface area contributed by atoms with Gasteiger partial charge < -0.3 is 10.2 Å². The number of hydrogen-bond acceptors (Lipinski definition) is 3. The molecule has 0 aromatic carbocycles. The average molecular weight is 204 g/mol. The van der Waals surface area contributed by atoms with Crippen LogP contribution in [0.15, 0.2) is 0 Å². The van der Waals surface area contributed by atoms with Crippen molar-refractivity contribution >= 4 is 17.7 Å². The first-order valence-electron chi connectivity index (χ1n) is 4.71. The van der Waals surface area contributed by atoms with Gasteiger partial charge in [0.05, 0.1) is 12.5 Å². The van der Waals surface area contributed by atoms with Crippen LogP contribution in [-0.2, 0) is 4.79 Å². The molecule has 0 heterocycles. The monoisotopic (exact) mass is 204 g/mol. The molecule has 0 spiro atoms. The molecule has 0 amide bonds. The van der Waals surface area contributed by atoms with Crippen molar-refractivity contribution in [2.45, 2.75) is 30.9 Å². The molecular weight excluding hydrogens is 188 g/mol. The van der Waals surface area contributed by atoms with Gasteiger partial charge in [0.2, 0.25) is 0 Å². The van der Waals surface area contributed by atoms with E-state index in [9.17, 15) is 4.79 Å². The summed E-state index contributed by atoms with van der Waals surface area (Å²) in [5.41, 5.74) is 0. The lowest BCUT2D eigenvalue weighted by atomic mass is 9.89. The van der Waals surface area contributed by atoms with Crippen molar-refractivity contribution < 1.29 is 15.0 Å². The van der Waals surface area contributed by atoms with E-state index in [2.05, 4.69) is 0 Å². The maximum atomic E-state index is 10.9. The molecule has 1 saturated carbocycles. The maximum absolute atomic E-state index is 10.9. The summed E-state index contributed by atoms with van der Waals surface area (Å²) in [7, 11) is 0. The Kier molecular flexibility index (Phi) is 4.59. The number of aliphatic hydroxyl groups excluding tert-OH is 1. The molecule has 2 atom stereocenters. The summed E-state index contributed by atoms with van der Waals surface area (Å²) in [6.07, 6.45) is 3.96. The molecule has 2 N–H and O–H groups in total. The van der Waals surface area contributed by atoms with E-state index in [1.807, 2.05) is 0 Å². The summed E-state index contributed by atoms with van der Waals surface area (Å²) < 4.78 is 0. The van der Waals surface area contributed by atoms with Crippen LogP contribution in [-0.4, -0.2) is 33.8 Å². The zero-order valence-corrected chi connectivity index (χ0v) is 8.42. The number of aliphatic hydroxyl groups is 1.